The summed E-state index contributed by atoms with van der Waals surface area (Å²) in [5.41, 5.74) is 3.94. The smallest absolute Gasteiger partial charge is 0.174 e. The monoisotopic (exact) mass is 443 g/mol. The zero-order valence-electron chi connectivity index (χ0n) is 18.9. The van der Waals surface area contributed by atoms with Gasteiger partial charge < -0.3 is 9.30 Å². The predicted molar refractivity (Wildman–Crippen MR) is 126 cm³/mol. The van der Waals surface area contributed by atoms with Crippen molar-refractivity contribution in [3.63, 3.8) is 0 Å². The van der Waals surface area contributed by atoms with Crippen LogP contribution in [0.3, 0.4) is 0 Å². The molecule has 0 saturated carbocycles. The lowest BCUT2D eigenvalue weighted by atomic mass is 9.86. The highest BCUT2D eigenvalue weighted by Gasteiger charge is 2.29. The summed E-state index contributed by atoms with van der Waals surface area (Å²) in [7, 11) is 1.66. The Balaban J connectivity index is 1.42. The lowest BCUT2D eigenvalue weighted by Gasteiger charge is -2.27. The van der Waals surface area contributed by atoms with Crippen LogP contribution in [0.4, 0.5) is 4.39 Å². The maximum absolute atomic E-state index is 13.4. The van der Waals surface area contributed by atoms with Gasteiger partial charge in [-0.05, 0) is 60.7 Å². The number of hydrogen-bond donors (Lipinski definition) is 0. The third kappa shape index (κ3) is 4.31. The Labute approximate surface area is 192 Å². The summed E-state index contributed by atoms with van der Waals surface area (Å²) >= 11 is 0. The van der Waals surface area contributed by atoms with Crippen LogP contribution in [-0.4, -0.2) is 31.4 Å². The zero-order valence-corrected chi connectivity index (χ0v) is 18.9. The van der Waals surface area contributed by atoms with E-state index in [2.05, 4.69) is 11.9 Å². The van der Waals surface area contributed by atoms with Gasteiger partial charge in [0.2, 0.25) is 0 Å². The Kier molecular flexibility index (Phi) is 5.54. The maximum atomic E-state index is 13.4. The zero-order chi connectivity index (χ0) is 22.9. The van der Waals surface area contributed by atoms with E-state index >= 15 is 0 Å². The molecule has 4 aromatic rings. The summed E-state index contributed by atoms with van der Waals surface area (Å²) in [5, 5.41) is 4.72. The highest BCUT2D eigenvalue weighted by atomic mass is 19.1. The van der Waals surface area contributed by atoms with Gasteiger partial charge in [-0.2, -0.15) is 5.10 Å². The van der Waals surface area contributed by atoms with Gasteiger partial charge in [0.1, 0.15) is 17.4 Å². The molecule has 0 aliphatic carbocycles. The normalized spacial score (nSPS) is 17.9. The summed E-state index contributed by atoms with van der Waals surface area (Å²) in [5.74, 6) is 2.72. The quantitative estimate of drug-likeness (QED) is 0.422. The summed E-state index contributed by atoms with van der Waals surface area (Å²) in [6.07, 6.45) is 8.63. The second-order valence-electron chi connectivity index (χ2n) is 8.64. The SMILES string of the molecule is COc1cc(/C=C/c2nc3n(n2)C[C@@H](C)C[C@H]3c2ccc(F)cc2)ccc1-n1cnc(C)c1. The first kappa shape index (κ1) is 21.1. The fourth-order valence-corrected chi connectivity index (χ4v) is 4.43. The first-order valence-electron chi connectivity index (χ1n) is 11.1. The fraction of sp³-hybridized carbons (Fsp3) is 0.269. The Hall–Kier alpha value is -3.74. The topological polar surface area (TPSA) is 57.8 Å². The van der Waals surface area contributed by atoms with Crippen molar-refractivity contribution in [3.05, 3.63) is 89.3 Å². The van der Waals surface area contributed by atoms with Gasteiger partial charge in [0.15, 0.2) is 5.82 Å². The van der Waals surface area contributed by atoms with Crippen molar-refractivity contribution in [1.82, 2.24) is 24.3 Å². The molecule has 2 aromatic heterocycles. The lowest BCUT2D eigenvalue weighted by molar-refractivity contribution is 0.342. The number of fused-ring (bicyclic) bond motifs is 1. The van der Waals surface area contributed by atoms with Gasteiger partial charge >= 0.3 is 0 Å². The number of hydrogen-bond acceptors (Lipinski definition) is 4. The average Bonchev–Trinajstić information content (AvgIpc) is 3.43. The molecule has 5 rings (SSSR count). The number of imidazole rings is 1. The van der Waals surface area contributed by atoms with E-state index in [1.807, 2.05) is 64.9 Å². The van der Waals surface area contributed by atoms with Crippen molar-refractivity contribution in [2.24, 2.45) is 5.92 Å². The summed E-state index contributed by atoms with van der Waals surface area (Å²) in [4.78, 5) is 9.11. The Bertz CT molecular complexity index is 1300. The third-order valence-electron chi connectivity index (χ3n) is 6.04. The molecule has 168 valence electrons. The van der Waals surface area contributed by atoms with Crippen LogP contribution in [0.2, 0.25) is 0 Å². The molecular formula is C26H26FN5O. The number of benzene rings is 2. The molecule has 3 heterocycles. The van der Waals surface area contributed by atoms with Crippen molar-refractivity contribution in [3.8, 4) is 11.4 Å². The minimum absolute atomic E-state index is 0.113. The largest absolute Gasteiger partial charge is 0.495 e. The highest BCUT2D eigenvalue weighted by molar-refractivity contribution is 5.69. The highest BCUT2D eigenvalue weighted by Crippen LogP contribution is 2.35. The van der Waals surface area contributed by atoms with E-state index in [0.29, 0.717) is 11.7 Å². The third-order valence-corrected chi connectivity index (χ3v) is 6.04. The van der Waals surface area contributed by atoms with E-state index in [1.165, 1.54) is 12.1 Å². The molecule has 1 aliphatic rings. The van der Waals surface area contributed by atoms with Crippen molar-refractivity contribution >= 4 is 12.2 Å². The molecule has 0 bridgehead atoms. The van der Waals surface area contributed by atoms with Gasteiger partial charge in [0, 0.05) is 18.7 Å². The first-order valence-corrected chi connectivity index (χ1v) is 11.1. The number of ether oxygens (including phenoxy) is 1. The molecule has 2 aromatic carbocycles. The molecule has 33 heavy (non-hydrogen) atoms. The standard InChI is InChI=1S/C26H26FN5O/c1-17-12-22(20-6-8-21(27)9-7-20)26-29-25(30-32(26)14-17)11-5-19-4-10-23(24(13-19)33-3)31-15-18(2)28-16-31/h4-11,13,15-17,22H,12,14H2,1-3H3/b11-5+/t17-,22-/m0/s1. The molecule has 0 spiro atoms. The van der Waals surface area contributed by atoms with Crippen molar-refractivity contribution < 1.29 is 9.13 Å². The first-order chi connectivity index (χ1) is 16.0. The van der Waals surface area contributed by atoms with Crippen LogP contribution in [0.15, 0.2) is 55.0 Å². The summed E-state index contributed by atoms with van der Waals surface area (Å²) in [6, 6.07) is 12.8. The molecule has 2 atom stereocenters. The minimum Gasteiger partial charge on any atom is -0.495 e. The van der Waals surface area contributed by atoms with Gasteiger partial charge in [-0.15, -0.1) is 0 Å². The average molecular weight is 444 g/mol. The van der Waals surface area contributed by atoms with Crippen LogP contribution in [0.25, 0.3) is 17.8 Å². The van der Waals surface area contributed by atoms with E-state index in [-0.39, 0.29) is 11.7 Å². The molecule has 0 radical (unpaired) electrons. The minimum atomic E-state index is -0.225. The van der Waals surface area contributed by atoms with Crippen LogP contribution >= 0.6 is 0 Å². The van der Waals surface area contributed by atoms with Crippen LogP contribution in [0, 0.1) is 18.7 Å². The number of methoxy groups -OCH3 is 1. The van der Waals surface area contributed by atoms with E-state index in [0.717, 1.165) is 47.0 Å². The fourth-order valence-electron chi connectivity index (χ4n) is 4.43. The van der Waals surface area contributed by atoms with Gasteiger partial charge in [-0.3, -0.25) is 0 Å². The Morgan fingerprint density at radius 1 is 1.12 bits per heavy atom. The van der Waals surface area contributed by atoms with Gasteiger partial charge in [0.25, 0.3) is 0 Å². The number of aryl methyl sites for hydroxylation is 1. The van der Waals surface area contributed by atoms with Gasteiger partial charge in [-0.1, -0.05) is 31.2 Å². The number of rotatable bonds is 5. The second kappa shape index (κ2) is 8.65. The Morgan fingerprint density at radius 2 is 1.94 bits per heavy atom. The van der Waals surface area contributed by atoms with Crippen LogP contribution in [0.5, 0.6) is 5.75 Å². The van der Waals surface area contributed by atoms with Crippen LogP contribution < -0.4 is 4.74 Å². The van der Waals surface area contributed by atoms with Gasteiger partial charge in [-0.25, -0.2) is 19.0 Å². The molecule has 1 aliphatic heterocycles. The predicted octanol–water partition coefficient (Wildman–Crippen LogP) is 5.26. The van der Waals surface area contributed by atoms with Crippen LogP contribution in [0.1, 0.15) is 47.7 Å². The van der Waals surface area contributed by atoms with E-state index in [1.54, 1.807) is 13.4 Å². The van der Waals surface area contributed by atoms with E-state index in [4.69, 9.17) is 14.8 Å². The number of nitrogens with zero attached hydrogens (tertiary/aromatic N) is 5. The molecular weight excluding hydrogens is 417 g/mol. The molecule has 0 unspecified atom stereocenters. The van der Waals surface area contributed by atoms with Crippen LogP contribution in [-0.2, 0) is 6.54 Å². The van der Waals surface area contributed by atoms with E-state index < -0.39 is 0 Å². The number of aromatic nitrogens is 5. The molecule has 6 nitrogen and oxygen atoms in total. The van der Waals surface area contributed by atoms with Crippen molar-refractivity contribution in [2.45, 2.75) is 32.7 Å². The summed E-state index contributed by atoms with van der Waals surface area (Å²) < 4.78 is 23.0. The van der Waals surface area contributed by atoms with E-state index in [9.17, 15) is 4.39 Å². The van der Waals surface area contributed by atoms with Crippen molar-refractivity contribution in [1.29, 1.82) is 0 Å². The lowest BCUT2D eigenvalue weighted by Crippen LogP contribution is -2.24. The molecule has 0 amide bonds. The van der Waals surface area contributed by atoms with Crippen molar-refractivity contribution in [2.75, 3.05) is 7.11 Å². The second-order valence-corrected chi connectivity index (χ2v) is 8.64. The summed E-state index contributed by atoms with van der Waals surface area (Å²) in [6.45, 7) is 5.01. The van der Waals surface area contributed by atoms with Gasteiger partial charge in [0.05, 0.1) is 24.8 Å². The Morgan fingerprint density at radius 3 is 2.67 bits per heavy atom. The molecule has 0 saturated heterocycles. The molecule has 7 heteroatoms. The molecule has 0 fully saturated rings. The molecule has 0 N–H and O–H groups in total. The maximum Gasteiger partial charge on any atom is 0.174 e. The number of halogens is 1.